The van der Waals surface area contributed by atoms with Gasteiger partial charge in [-0.25, -0.2) is 9.59 Å². The number of benzene rings is 4. The zero-order valence-corrected chi connectivity index (χ0v) is 28.7. The molecule has 0 bridgehead atoms. The van der Waals surface area contributed by atoms with Gasteiger partial charge in [-0.05, 0) is 17.7 Å². The van der Waals surface area contributed by atoms with Crippen LogP contribution < -0.4 is 14.2 Å². The number of carbonyl (C=O) groups excluding carboxylic acids is 3. The van der Waals surface area contributed by atoms with Gasteiger partial charge in [0.2, 0.25) is 0 Å². The summed E-state index contributed by atoms with van der Waals surface area (Å²) in [6, 6.07) is 27.1. The molecule has 6 rings (SSSR count). The molecule has 4 aromatic rings. The minimum atomic E-state index is -1.29. The van der Waals surface area contributed by atoms with Gasteiger partial charge in [0.15, 0.2) is 0 Å². The Hall–Kier alpha value is -2.59. The van der Waals surface area contributed by atoms with Gasteiger partial charge in [0, 0.05) is 16.5 Å². The van der Waals surface area contributed by atoms with Crippen molar-refractivity contribution in [2.45, 2.75) is 11.4 Å². The molecule has 7 nitrogen and oxygen atoms in total. The van der Waals surface area contributed by atoms with E-state index in [1.165, 1.54) is 21.6 Å². The van der Waals surface area contributed by atoms with Crippen molar-refractivity contribution in [2.75, 3.05) is 3.31 Å². The fourth-order valence-electron chi connectivity index (χ4n) is 4.79. The molecule has 1 spiro atoms. The van der Waals surface area contributed by atoms with Crippen LogP contribution in [0.3, 0.4) is 0 Å². The quantitative estimate of drug-likeness (QED) is 0.102. The second kappa shape index (κ2) is 13.0. The zero-order chi connectivity index (χ0) is 29.1. The summed E-state index contributed by atoms with van der Waals surface area (Å²) in [6.07, 6.45) is 0. The zero-order valence-electron chi connectivity index (χ0n) is 21.6. The van der Waals surface area contributed by atoms with Gasteiger partial charge < -0.3 is 4.74 Å². The molecule has 1 unspecified atom stereocenters. The Balaban J connectivity index is 1.31. The summed E-state index contributed by atoms with van der Waals surface area (Å²) >= 11 is 0.974. The first-order valence-electron chi connectivity index (χ1n) is 12.5. The van der Waals surface area contributed by atoms with Crippen molar-refractivity contribution >= 4 is 85.5 Å². The molecule has 0 N–H and O–H groups in total. The number of esters is 1. The predicted octanol–water partition coefficient (Wildman–Crippen LogP) is 8.34. The molecule has 2 aliphatic rings. The summed E-state index contributed by atoms with van der Waals surface area (Å²) in [4.78, 5) is 38.0. The third kappa shape index (κ3) is 5.94. The third-order valence-electron chi connectivity index (χ3n) is 6.44. The summed E-state index contributed by atoms with van der Waals surface area (Å²) in [7, 11) is 4.88. The summed E-state index contributed by atoms with van der Waals surface area (Å²) in [5.41, 5.74) is 2.11. The van der Waals surface area contributed by atoms with Crippen molar-refractivity contribution in [1.82, 2.24) is 0 Å². The number of hydrogen-bond donors (Lipinski definition) is 0. The van der Waals surface area contributed by atoms with Crippen LogP contribution in [-0.2, 0) is 16.1 Å². The monoisotopic (exact) mass is 827 g/mol. The molecule has 0 saturated heterocycles. The maximum absolute atomic E-state index is 13.1. The van der Waals surface area contributed by atoms with E-state index < -0.39 is 22.2 Å². The van der Waals surface area contributed by atoms with Crippen LogP contribution in [0.1, 0.15) is 32.6 Å². The van der Waals surface area contributed by atoms with E-state index in [2.05, 4.69) is 0 Å². The molecule has 209 valence electrons. The Labute approximate surface area is 273 Å². The number of fused-ring (bicyclic) bond motifs is 6. The molecule has 1 atom stereocenters. The molecule has 42 heavy (non-hydrogen) atoms. The van der Waals surface area contributed by atoms with Crippen LogP contribution in [0.5, 0.6) is 23.0 Å². The molecule has 0 amide bonds. The van der Waals surface area contributed by atoms with Gasteiger partial charge in [-0.3, -0.25) is 0 Å². The summed E-state index contributed by atoms with van der Waals surface area (Å²) in [5, 5.41) is -0.907. The van der Waals surface area contributed by atoms with Crippen LogP contribution in [0.2, 0.25) is 0 Å². The van der Waals surface area contributed by atoms with E-state index in [1.54, 1.807) is 48.5 Å². The second-order valence-corrected chi connectivity index (χ2v) is 16.7. The summed E-state index contributed by atoms with van der Waals surface area (Å²) < 4.78 is 24.5. The van der Waals surface area contributed by atoms with Crippen LogP contribution >= 0.6 is 43.2 Å². The minimum absolute atomic E-state index is 0.280. The third-order valence-corrected chi connectivity index (χ3v) is 14.0. The van der Waals surface area contributed by atoms with Gasteiger partial charge in [0.1, 0.15) is 0 Å². The van der Waals surface area contributed by atoms with Crippen molar-refractivity contribution in [3.63, 3.8) is 0 Å². The van der Waals surface area contributed by atoms with Gasteiger partial charge in [-0.1, -0.05) is 53.3 Å². The molecule has 12 heteroatoms. The topological polar surface area (TPSA) is 88.1 Å². The molecule has 0 aliphatic carbocycles. The van der Waals surface area contributed by atoms with Crippen LogP contribution in [0.15, 0.2) is 91.0 Å². The molecule has 3 radical (unpaired) electrons. The maximum atomic E-state index is 13.1. The summed E-state index contributed by atoms with van der Waals surface area (Å²) in [5.74, 6) is 1.48. The Bertz CT molecular complexity index is 1680. The molecule has 4 aromatic carbocycles. The average molecular weight is 827 g/mol. The first kappa shape index (κ1) is 29.5. The van der Waals surface area contributed by atoms with Gasteiger partial charge >= 0.3 is 173 Å². The van der Waals surface area contributed by atoms with Crippen LogP contribution in [-0.4, -0.2) is 45.7 Å². The van der Waals surface area contributed by atoms with E-state index >= 15 is 0 Å². The molecule has 2 aliphatic heterocycles. The van der Waals surface area contributed by atoms with E-state index in [1.807, 2.05) is 42.5 Å². The fourth-order valence-corrected chi connectivity index (χ4v) is 9.29. The number of hydrogen-bond acceptors (Lipinski definition) is 11. The molecular weight excluding hydrogens is 808 g/mol. The van der Waals surface area contributed by atoms with Crippen LogP contribution in [0.25, 0.3) is 0 Å². The van der Waals surface area contributed by atoms with E-state index in [0.29, 0.717) is 45.3 Å². The van der Waals surface area contributed by atoms with Crippen molar-refractivity contribution in [2.24, 2.45) is 0 Å². The average Bonchev–Trinajstić information content (AvgIpc) is 3.29. The first-order chi connectivity index (χ1) is 20.5. The molecule has 2 heterocycles. The first-order valence-corrected chi connectivity index (χ1v) is 19.9. The van der Waals surface area contributed by atoms with Gasteiger partial charge in [-0.15, -0.1) is 0 Å². The van der Waals surface area contributed by atoms with E-state index in [9.17, 15) is 14.4 Å². The standard InChI is InChI=1S/C30H19O7S4.Pb/c1-38-40-28(32)34-19-11-13-23-25(15-19)36-26-16-20(35-29(33)41-39-17-18-7-3-2-4-8-18)12-14-24(26)30(23)22-10-6-5-9-21(22)27(31)37-30;/h2-16H,1,17H2;. The van der Waals surface area contributed by atoms with Gasteiger partial charge in [0.25, 0.3) is 0 Å². The van der Waals surface area contributed by atoms with Crippen molar-refractivity contribution in [3.05, 3.63) is 119 Å². The van der Waals surface area contributed by atoms with Crippen molar-refractivity contribution in [1.29, 1.82) is 0 Å². The number of rotatable bonds is 7. The van der Waals surface area contributed by atoms with Crippen molar-refractivity contribution in [3.8, 4) is 23.0 Å². The van der Waals surface area contributed by atoms with E-state index in [4.69, 9.17) is 18.9 Å². The SMILES string of the molecule is O=C(Oc1ccc2c(c1)Oc1cc(OC(=O)SSCc3ccccc3)ccc1C21OC(=O)c2ccccc21)SS[CH2][Pb]. The van der Waals surface area contributed by atoms with Crippen LogP contribution in [0, 0.1) is 0 Å². The molecule has 0 fully saturated rings. The molecule has 0 saturated carbocycles. The van der Waals surface area contributed by atoms with E-state index in [-0.39, 0.29) is 5.75 Å². The predicted molar refractivity (Wildman–Crippen MR) is 168 cm³/mol. The molecule has 0 aromatic heterocycles. The Morgan fingerprint density at radius 2 is 1.33 bits per heavy atom. The fraction of sp³-hybridized carbons (Fsp3) is 0.100. The summed E-state index contributed by atoms with van der Waals surface area (Å²) in [6.45, 7) is 0. The normalized spacial score (nSPS) is 16.1. The number of carbonyl (C=O) groups is 3. The molecular formula is C30H19O7PbS4. The Morgan fingerprint density at radius 1 is 0.738 bits per heavy atom. The Kier molecular flexibility index (Phi) is 9.10. The van der Waals surface area contributed by atoms with Crippen LogP contribution in [0.4, 0.5) is 9.59 Å². The van der Waals surface area contributed by atoms with Gasteiger partial charge in [-0.2, -0.15) is 0 Å². The second-order valence-electron chi connectivity index (χ2n) is 8.92. The Morgan fingerprint density at radius 3 is 1.98 bits per heavy atom. The van der Waals surface area contributed by atoms with Gasteiger partial charge in [0.05, 0.1) is 0 Å². The number of ether oxygens (including phenoxy) is 4. The van der Waals surface area contributed by atoms with E-state index in [0.717, 1.165) is 56.2 Å². The van der Waals surface area contributed by atoms with Crippen molar-refractivity contribution < 1.29 is 33.3 Å².